The van der Waals surface area contributed by atoms with E-state index in [1.165, 1.54) is 0 Å². The summed E-state index contributed by atoms with van der Waals surface area (Å²) in [5.41, 5.74) is 0. The van der Waals surface area contributed by atoms with Crippen LogP contribution in [0.25, 0.3) is 0 Å². The predicted molar refractivity (Wildman–Crippen MR) is 17.3 cm³/mol. The fourth-order valence-corrected chi connectivity index (χ4v) is 0. The largest absolute Gasteiger partial charge is 0 e. The van der Waals surface area contributed by atoms with Gasteiger partial charge in [-0.1, -0.05) is 0 Å². The van der Waals surface area contributed by atoms with Gasteiger partial charge in [0.05, 0.1) is 0 Å². The molecule has 0 unspecified atom stereocenters. The second-order valence-electron chi connectivity index (χ2n) is 0.448. The summed E-state index contributed by atoms with van der Waals surface area (Å²) in [6.45, 7) is 0. The SMILES string of the molecule is O=[Te](=O)(O)O.[Rb]. The Balaban J connectivity index is 0. The summed E-state index contributed by atoms with van der Waals surface area (Å²) in [5, 5.41) is 0. The Hall–Kier alpha value is 2.11. The molecule has 33 valence electrons. The normalized spacial score (nSPS) is 9.67. The quantitative estimate of drug-likeness (QED) is 0.498. The Morgan fingerprint density at radius 1 is 1.17 bits per heavy atom. The van der Waals surface area contributed by atoms with E-state index in [0.717, 1.165) is 0 Å². The molecule has 0 aliphatic heterocycles. The molecule has 0 rings (SSSR count). The van der Waals surface area contributed by atoms with Crippen LogP contribution in [-0.2, 0) is 6.21 Å². The van der Waals surface area contributed by atoms with Crippen LogP contribution in [0.5, 0.6) is 0 Å². The molecular weight excluding hydrogens is 277 g/mol. The van der Waals surface area contributed by atoms with E-state index in [4.69, 9.17) is 13.2 Å². The van der Waals surface area contributed by atoms with E-state index >= 15 is 0 Å². The monoisotopic (exact) mass is 281 g/mol. The molecule has 0 spiro atoms. The molecule has 6 heteroatoms. The maximum atomic E-state index is 8.85. The molecule has 0 bridgehead atoms. The molecule has 0 amide bonds. The van der Waals surface area contributed by atoms with Crippen LogP contribution in [0, 0.1) is 0 Å². The van der Waals surface area contributed by atoms with Crippen molar-refractivity contribution in [2.75, 3.05) is 0 Å². The summed E-state index contributed by atoms with van der Waals surface area (Å²) in [7, 11) is 0. The number of hydrogen-bond acceptors (Lipinski definition) is 2. The van der Waals surface area contributed by atoms with E-state index in [-0.39, 0.29) is 58.2 Å². The molecule has 0 saturated heterocycles. The van der Waals surface area contributed by atoms with E-state index < -0.39 is 19.0 Å². The third-order valence-electron chi connectivity index (χ3n) is 0. The Bertz CT molecular complexity index is 90.7. The van der Waals surface area contributed by atoms with Gasteiger partial charge < -0.3 is 0 Å². The van der Waals surface area contributed by atoms with Crippen molar-refractivity contribution in [2.45, 2.75) is 0 Å². The maximum absolute atomic E-state index is 8.85. The predicted octanol–water partition coefficient (Wildman–Crippen LogP) is -2.11. The van der Waals surface area contributed by atoms with Gasteiger partial charge in [0.1, 0.15) is 0 Å². The number of rotatable bonds is 0. The first kappa shape index (κ1) is 11.0. The minimum Gasteiger partial charge on any atom is 0 e. The zero-order chi connectivity index (χ0) is 4.50. The standard InChI is InChI=1S/H2O4Te.Rb/c1-5(2,3)4;/h(H2,1,2,3,4);. The molecule has 0 atom stereocenters. The number of hydrogen-bond donors (Lipinski definition) is 2. The van der Waals surface area contributed by atoms with Crippen LogP contribution in [0.1, 0.15) is 0 Å². The fourth-order valence-electron chi connectivity index (χ4n) is 0. The Labute approximate surface area is 88.0 Å². The van der Waals surface area contributed by atoms with Gasteiger partial charge in [-0.05, 0) is 0 Å². The third-order valence-corrected chi connectivity index (χ3v) is 0. The molecule has 4 nitrogen and oxygen atoms in total. The van der Waals surface area contributed by atoms with Crippen molar-refractivity contribution < 1.29 is 13.2 Å². The average molecular weight is 279 g/mol. The van der Waals surface area contributed by atoms with E-state index in [1.807, 2.05) is 0 Å². The molecule has 0 aromatic carbocycles. The van der Waals surface area contributed by atoms with Crippen LogP contribution in [-0.4, -0.2) is 84.1 Å². The summed E-state index contributed by atoms with van der Waals surface area (Å²) < 4.78 is 32.0. The average Bonchev–Trinajstić information content (AvgIpc) is 0.722. The summed E-state index contributed by atoms with van der Waals surface area (Å²) in [4.78, 5) is 0. The van der Waals surface area contributed by atoms with Crippen molar-refractivity contribution in [2.24, 2.45) is 0 Å². The van der Waals surface area contributed by atoms with Gasteiger partial charge in [0.2, 0.25) is 0 Å². The second kappa shape index (κ2) is 4.04. The Morgan fingerprint density at radius 3 is 1.17 bits per heavy atom. The first-order valence-corrected chi connectivity index (χ1v) is 4.69. The minimum atomic E-state index is -5.52. The van der Waals surface area contributed by atoms with Crippen molar-refractivity contribution in [3.05, 3.63) is 0 Å². The van der Waals surface area contributed by atoms with Gasteiger partial charge in [0, 0.05) is 58.2 Å². The molecule has 0 fully saturated rings. The van der Waals surface area contributed by atoms with Gasteiger partial charge in [-0.2, -0.15) is 0 Å². The van der Waals surface area contributed by atoms with Crippen molar-refractivity contribution in [3.8, 4) is 0 Å². The van der Waals surface area contributed by atoms with Gasteiger partial charge in [0.15, 0.2) is 0 Å². The molecule has 0 aromatic rings. The molecular formula is H2O4RbTe. The van der Waals surface area contributed by atoms with Crippen LogP contribution in [0.4, 0.5) is 0 Å². The van der Waals surface area contributed by atoms with Crippen LogP contribution < -0.4 is 0 Å². The summed E-state index contributed by atoms with van der Waals surface area (Å²) in [5.74, 6) is 0. The van der Waals surface area contributed by atoms with Crippen molar-refractivity contribution in [1.82, 2.24) is 0 Å². The summed E-state index contributed by atoms with van der Waals surface area (Å²) >= 11 is -5.52. The van der Waals surface area contributed by atoms with Crippen molar-refractivity contribution in [3.63, 3.8) is 0 Å². The van der Waals surface area contributed by atoms with Gasteiger partial charge in [0.25, 0.3) is 0 Å². The van der Waals surface area contributed by atoms with Crippen LogP contribution >= 0.6 is 0 Å². The fraction of sp³-hybridized carbons (Fsp3) is 0. The topological polar surface area (TPSA) is 74.6 Å². The molecule has 0 heterocycles. The van der Waals surface area contributed by atoms with Gasteiger partial charge in [-0.3, -0.25) is 0 Å². The van der Waals surface area contributed by atoms with Crippen LogP contribution in [0.3, 0.4) is 0 Å². The zero-order valence-corrected chi connectivity index (χ0v) is 10.4. The molecule has 0 saturated carbocycles. The second-order valence-corrected chi connectivity index (χ2v) is 3.00. The van der Waals surface area contributed by atoms with Crippen LogP contribution in [0.2, 0.25) is 0 Å². The molecule has 0 aliphatic rings. The van der Waals surface area contributed by atoms with Crippen molar-refractivity contribution in [1.29, 1.82) is 0 Å². The van der Waals surface area contributed by atoms with Crippen LogP contribution in [0.15, 0.2) is 0 Å². The zero-order valence-electron chi connectivity index (χ0n) is 3.12. The molecule has 0 aliphatic carbocycles. The molecule has 2 N–H and O–H groups in total. The first-order valence-electron chi connectivity index (χ1n) is 0.698. The third kappa shape index (κ3) is 35.8. The minimum absolute atomic E-state index is 0. The molecule has 1 radical (unpaired) electrons. The van der Waals surface area contributed by atoms with Crippen molar-refractivity contribution >= 4 is 77.2 Å². The van der Waals surface area contributed by atoms with E-state index in [0.29, 0.717) is 0 Å². The molecule has 0 aromatic heterocycles. The Morgan fingerprint density at radius 2 is 1.17 bits per heavy atom. The van der Waals surface area contributed by atoms with E-state index in [1.54, 1.807) is 0 Å². The van der Waals surface area contributed by atoms with Gasteiger partial charge in [-0.15, -0.1) is 0 Å². The molecule has 6 heavy (non-hydrogen) atoms. The summed E-state index contributed by atoms with van der Waals surface area (Å²) in [6.07, 6.45) is 0. The van der Waals surface area contributed by atoms with E-state index in [9.17, 15) is 0 Å². The van der Waals surface area contributed by atoms with E-state index in [2.05, 4.69) is 0 Å². The smallest absolute Gasteiger partial charge is 0 e. The Kier molecular flexibility index (Phi) is 7.40. The first-order chi connectivity index (χ1) is 2.00. The van der Waals surface area contributed by atoms with Gasteiger partial charge in [-0.25, -0.2) is 0 Å². The maximum Gasteiger partial charge on any atom is 0 e. The summed E-state index contributed by atoms with van der Waals surface area (Å²) in [6, 6.07) is 0. The van der Waals surface area contributed by atoms with Gasteiger partial charge >= 0.3 is 32.1 Å².